The average Bonchev–Trinajstić information content (AvgIpc) is 3.60. The smallest absolute Gasteiger partial charge is 0.274 e. The quantitative estimate of drug-likeness (QED) is 0.332. The van der Waals surface area contributed by atoms with Gasteiger partial charge in [-0.2, -0.15) is 0 Å². The van der Waals surface area contributed by atoms with Crippen molar-refractivity contribution in [2.24, 2.45) is 0 Å². The van der Waals surface area contributed by atoms with Gasteiger partial charge in [0.1, 0.15) is 23.4 Å². The highest BCUT2D eigenvalue weighted by atomic mass is 16.3. The second kappa shape index (κ2) is 9.12. The molecule has 2 fully saturated rings. The number of likely N-dealkylation sites (tertiary alicyclic amines) is 1. The molecule has 40 heavy (non-hydrogen) atoms. The monoisotopic (exact) mass is 536 g/mol. The SMILES string of the molecule is Cc1cnc2ccc(-c3nc(C(=O)NCc4cccc(N5CC6(CCN6C)C5)n4)c(N)nc3-c3ncco3)cn12. The first-order valence-electron chi connectivity index (χ1n) is 13.1. The Kier molecular flexibility index (Phi) is 5.52. The second-order valence-electron chi connectivity index (χ2n) is 10.5. The van der Waals surface area contributed by atoms with Crippen molar-refractivity contribution in [1.82, 2.24) is 39.5 Å². The highest BCUT2D eigenvalue weighted by Gasteiger charge is 2.51. The van der Waals surface area contributed by atoms with E-state index in [9.17, 15) is 4.79 Å². The lowest BCUT2D eigenvalue weighted by Gasteiger charge is -2.62. The number of likely N-dealkylation sites (N-methyl/N-ethyl adjacent to an activating group) is 1. The molecule has 202 valence electrons. The van der Waals surface area contributed by atoms with Gasteiger partial charge in [-0.1, -0.05) is 6.07 Å². The van der Waals surface area contributed by atoms with Crippen LogP contribution in [0, 0.1) is 6.92 Å². The summed E-state index contributed by atoms with van der Waals surface area (Å²) >= 11 is 0. The largest absolute Gasteiger partial charge is 0.443 e. The molecule has 0 aromatic carbocycles. The van der Waals surface area contributed by atoms with Crippen molar-refractivity contribution in [3.05, 3.63) is 72.3 Å². The fraction of sp³-hybridized carbons (Fsp3) is 0.286. The fourth-order valence-electron chi connectivity index (χ4n) is 5.42. The van der Waals surface area contributed by atoms with Crippen molar-refractivity contribution in [1.29, 1.82) is 0 Å². The number of imidazole rings is 1. The molecule has 12 heteroatoms. The van der Waals surface area contributed by atoms with Crippen LogP contribution in [0.5, 0.6) is 0 Å². The number of anilines is 2. The minimum atomic E-state index is -0.448. The summed E-state index contributed by atoms with van der Waals surface area (Å²) in [5.74, 6) is 0.702. The maximum atomic E-state index is 13.3. The van der Waals surface area contributed by atoms with E-state index in [4.69, 9.17) is 15.1 Å². The molecule has 0 unspecified atom stereocenters. The van der Waals surface area contributed by atoms with Crippen LogP contribution in [0.1, 0.15) is 28.3 Å². The van der Waals surface area contributed by atoms with E-state index in [0.717, 1.165) is 42.5 Å². The number of nitrogens with one attached hydrogen (secondary N) is 1. The van der Waals surface area contributed by atoms with Crippen LogP contribution in [-0.2, 0) is 6.54 Å². The lowest BCUT2D eigenvalue weighted by Crippen LogP contribution is -2.76. The van der Waals surface area contributed by atoms with E-state index in [1.807, 2.05) is 47.9 Å². The van der Waals surface area contributed by atoms with Crippen LogP contribution >= 0.6 is 0 Å². The van der Waals surface area contributed by atoms with Gasteiger partial charge in [0.15, 0.2) is 17.2 Å². The first kappa shape index (κ1) is 24.2. The zero-order valence-electron chi connectivity index (χ0n) is 22.2. The number of nitrogen functional groups attached to an aromatic ring is 1. The number of aromatic nitrogens is 6. The molecule has 1 amide bonds. The van der Waals surface area contributed by atoms with Crippen LogP contribution in [0.2, 0.25) is 0 Å². The Bertz CT molecular complexity index is 1740. The van der Waals surface area contributed by atoms with Crippen LogP contribution in [0.4, 0.5) is 11.6 Å². The van der Waals surface area contributed by atoms with Gasteiger partial charge in [-0.25, -0.2) is 24.9 Å². The highest BCUT2D eigenvalue weighted by molar-refractivity contribution is 5.97. The Balaban J connectivity index is 1.15. The average molecular weight is 537 g/mol. The van der Waals surface area contributed by atoms with Crippen molar-refractivity contribution < 1.29 is 9.21 Å². The number of aryl methyl sites for hydroxylation is 1. The van der Waals surface area contributed by atoms with Gasteiger partial charge in [0.2, 0.25) is 5.89 Å². The van der Waals surface area contributed by atoms with Gasteiger partial charge in [0.25, 0.3) is 5.91 Å². The van der Waals surface area contributed by atoms with Crippen molar-refractivity contribution >= 4 is 23.2 Å². The van der Waals surface area contributed by atoms with Gasteiger partial charge in [-0.05, 0) is 44.7 Å². The van der Waals surface area contributed by atoms with E-state index in [2.05, 4.69) is 42.1 Å². The topological polar surface area (TPSA) is 144 Å². The number of carbonyl (C=O) groups excluding carboxylic acids is 1. The number of oxazole rings is 1. The van der Waals surface area contributed by atoms with E-state index in [1.54, 1.807) is 6.20 Å². The predicted octanol–water partition coefficient (Wildman–Crippen LogP) is 2.56. The minimum absolute atomic E-state index is 0.0154. The molecule has 0 bridgehead atoms. The molecule has 7 rings (SSSR count). The van der Waals surface area contributed by atoms with Crippen molar-refractivity contribution in [3.8, 4) is 22.8 Å². The highest BCUT2D eigenvalue weighted by Crippen LogP contribution is 2.39. The molecule has 7 heterocycles. The van der Waals surface area contributed by atoms with Crippen molar-refractivity contribution in [2.45, 2.75) is 25.4 Å². The Morgan fingerprint density at radius 1 is 1.12 bits per heavy atom. The lowest BCUT2D eigenvalue weighted by atomic mass is 9.78. The van der Waals surface area contributed by atoms with E-state index < -0.39 is 5.91 Å². The number of rotatable bonds is 6. The third-order valence-corrected chi connectivity index (χ3v) is 7.98. The third kappa shape index (κ3) is 3.95. The summed E-state index contributed by atoms with van der Waals surface area (Å²) in [5, 5.41) is 2.91. The number of pyridine rings is 2. The summed E-state index contributed by atoms with van der Waals surface area (Å²) < 4.78 is 7.45. The summed E-state index contributed by atoms with van der Waals surface area (Å²) in [7, 11) is 2.18. The summed E-state index contributed by atoms with van der Waals surface area (Å²) in [6.07, 6.45) is 7.88. The Hall–Kier alpha value is -4.84. The number of nitrogens with two attached hydrogens (primary N) is 1. The minimum Gasteiger partial charge on any atom is -0.443 e. The molecule has 2 aliphatic heterocycles. The summed E-state index contributed by atoms with van der Waals surface area (Å²) in [6, 6.07) is 9.61. The van der Waals surface area contributed by atoms with Gasteiger partial charge in [0.05, 0.1) is 24.0 Å². The second-order valence-corrected chi connectivity index (χ2v) is 10.5. The summed E-state index contributed by atoms with van der Waals surface area (Å²) in [4.78, 5) is 40.5. The Labute approximate surface area is 229 Å². The normalized spacial score (nSPS) is 16.2. The standard InChI is InChI=1S/C28H28N10O2/c1-17-12-31-20-7-6-18(14-38(17)20)22-23(27-30-9-11-40-27)35-25(29)24(34-22)26(39)32-13-19-4-3-5-21(33-19)37-15-28(16-37)8-10-36(28)2/h3-7,9,11-12,14H,8,10,13,15-16H2,1-2H3,(H2,29,35)(H,32,39). The first-order chi connectivity index (χ1) is 19.4. The molecule has 2 saturated heterocycles. The molecule has 2 aliphatic rings. The molecule has 0 atom stereocenters. The van der Waals surface area contributed by atoms with E-state index in [0.29, 0.717) is 22.5 Å². The first-order valence-corrected chi connectivity index (χ1v) is 13.1. The third-order valence-electron chi connectivity index (χ3n) is 7.98. The zero-order valence-corrected chi connectivity index (χ0v) is 22.2. The maximum absolute atomic E-state index is 13.3. The number of carbonyl (C=O) groups is 1. The van der Waals surface area contributed by atoms with Crippen LogP contribution < -0.4 is 16.0 Å². The number of hydrogen-bond donors (Lipinski definition) is 2. The van der Waals surface area contributed by atoms with Crippen LogP contribution in [0.15, 0.2) is 59.6 Å². The molecular formula is C28H28N10O2. The Morgan fingerprint density at radius 2 is 2.00 bits per heavy atom. The number of fused-ring (bicyclic) bond motifs is 1. The fourth-order valence-corrected chi connectivity index (χ4v) is 5.42. The predicted molar refractivity (Wildman–Crippen MR) is 148 cm³/mol. The number of nitrogens with zero attached hydrogens (tertiary/aromatic N) is 8. The molecule has 5 aromatic rings. The van der Waals surface area contributed by atoms with Gasteiger partial charge in [-0.15, -0.1) is 0 Å². The molecule has 0 radical (unpaired) electrons. The summed E-state index contributed by atoms with van der Waals surface area (Å²) in [5.41, 5.74) is 10.5. The van der Waals surface area contributed by atoms with Gasteiger partial charge in [-0.3, -0.25) is 9.69 Å². The summed E-state index contributed by atoms with van der Waals surface area (Å²) in [6.45, 7) is 5.29. The van der Waals surface area contributed by atoms with Gasteiger partial charge >= 0.3 is 0 Å². The molecule has 1 spiro atoms. The van der Waals surface area contributed by atoms with Crippen molar-refractivity contribution in [2.75, 3.05) is 37.3 Å². The molecule has 12 nitrogen and oxygen atoms in total. The van der Waals surface area contributed by atoms with E-state index in [-0.39, 0.29) is 23.9 Å². The van der Waals surface area contributed by atoms with Gasteiger partial charge in [0, 0.05) is 43.3 Å². The number of hydrogen-bond acceptors (Lipinski definition) is 10. The van der Waals surface area contributed by atoms with Crippen molar-refractivity contribution in [3.63, 3.8) is 0 Å². The molecule has 0 saturated carbocycles. The molecule has 3 N–H and O–H groups in total. The lowest BCUT2D eigenvalue weighted by molar-refractivity contribution is -0.0131. The number of amides is 1. The van der Waals surface area contributed by atoms with E-state index >= 15 is 0 Å². The van der Waals surface area contributed by atoms with Crippen LogP contribution in [0.25, 0.3) is 28.5 Å². The van der Waals surface area contributed by atoms with Crippen LogP contribution in [0.3, 0.4) is 0 Å². The molecular weight excluding hydrogens is 508 g/mol. The Morgan fingerprint density at radius 3 is 2.75 bits per heavy atom. The molecule has 5 aromatic heterocycles. The zero-order chi connectivity index (χ0) is 27.4. The maximum Gasteiger partial charge on any atom is 0.274 e. The van der Waals surface area contributed by atoms with Gasteiger partial charge < -0.3 is 24.8 Å². The van der Waals surface area contributed by atoms with E-state index in [1.165, 1.54) is 18.9 Å². The molecule has 0 aliphatic carbocycles. The van der Waals surface area contributed by atoms with Crippen LogP contribution in [-0.4, -0.2) is 72.3 Å².